The predicted molar refractivity (Wildman–Crippen MR) is 95.5 cm³/mol. The van der Waals surface area contributed by atoms with E-state index in [1.165, 1.54) is 16.2 Å². The molecule has 5 heteroatoms. The zero-order valence-corrected chi connectivity index (χ0v) is 15.0. The normalized spacial score (nSPS) is 11.3. The first-order valence-corrected chi connectivity index (χ1v) is 8.36. The van der Waals surface area contributed by atoms with Crippen molar-refractivity contribution in [1.29, 1.82) is 0 Å². The van der Waals surface area contributed by atoms with Crippen molar-refractivity contribution in [3.8, 4) is 0 Å². The smallest absolute Gasteiger partial charge is 0.250 e. The standard InChI is InChI=1S/C18H21BrN2O2/c1-18(2,14-6-4-3-5-7-14)13-20-16(22)10-11-21-12-15(19)8-9-17(21)23/h3-9,12H,10-11,13H2,1-2H3,(H,20,22). The van der Waals surface area contributed by atoms with E-state index in [1.54, 1.807) is 12.3 Å². The lowest BCUT2D eigenvalue weighted by atomic mass is 9.84. The number of nitrogens with zero attached hydrogens (tertiary/aromatic N) is 1. The van der Waals surface area contributed by atoms with Gasteiger partial charge in [0.25, 0.3) is 5.56 Å². The lowest BCUT2D eigenvalue weighted by Crippen LogP contribution is -2.37. The quantitative estimate of drug-likeness (QED) is 0.841. The van der Waals surface area contributed by atoms with Crippen LogP contribution in [0.15, 0.2) is 57.9 Å². The number of hydrogen-bond acceptors (Lipinski definition) is 2. The second-order valence-electron chi connectivity index (χ2n) is 6.16. The molecule has 1 heterocycles. The first-order chi connectivity index (χ1) is 10.9. The summed E-state index contributed by atoms with van der Waals surface area (Å²) in [5.41, 5.74) is 0.943. The van der Waals surface area contributed by atoms with Gasteiger partial charge in [0.15, 0.2) is 0 Å². The molecule has 1 aromatic carbocycles. The van der Waals surface area contributed by atoms with Gasteiger partial charge in [0.05, 0.1) is 0 Å². The fourth-order valence-electron chi connectivity index (χ4n) is 2.30. The van der Waals surface area contributed by atoms with E-state index < -0.39 is 0 Å². The average molecular weight is 377 g/mol. The van der Waals surface area contributed by atoms with Crippen molar-refractivity contribution in [3.63, 3.8) is 0 Å². The molecule has 23 heavy (non-hydrogen) atoms. The summed E-state index contributed by atoms with van der Waals surface area (Å²) < 4.78 is 2.36. The molecule has 1 N–H and O–H groups in total. The topological polar surface area (TPSA) is 51.1 Å². The molecule has 0 aliphatic heterocycles. The molecule has 2 aromatic rings. The van der Waals surface area contributed by atoms with E-state index >= 15 is 0 Å². The van der Waals surface area contributed by atoms with Gasteiger partial charge < -0.3 is 9.88 Å². The molecule has 0 unspecified atom stereocenters. The summed E-state index contributed by atoms with van der Waals surface area (Å²) in [4.78, 5) is 23.7. The summed E-state index contributed by atoms with van der Waals surface area (Å²) in [5.74, 6) is -0.0547. The predicted octanol–water partition coefficient (Wildman–Crippen LogP) is 3.09. The van der Waals surface area contributed by atoms with Crippen LogP contribution in [-0.2, 0) is 16.8 Å². The minimum absolute atomic E-state index is 0.0547. The molecular formula is C18H21BrN2O2. The maximum Gasteiger partial charge on any atom is 0.250 e. The minimum Gasteiger partial charge on any atom is -0.355 e. The lowest BCUT2D eigenvalue weighted by Gasteiger charge is -2.25. The van der Waals surface area contributed by atoms with E-state index in [9.17, 15) is 9.59 Å². The van der Waals surface area contributed by atoms with Crippen molar-refractivity contribution < 1.29 is 4.79 Å². The Bertz CT molecular complexity index is 723. The van der Waals surface area contributed by atoms with Crippen LogP contribution in [0, 0.1) is 0 Å². The van der Waals surface area contributed by atoms with E-state index in [1.807, 2.05) is 18.2 Å². The van der Waals surface area contributed by atoms with Crippen LogP contribution in [0.3, 0.4) is 0 Å². The molecule has 1 amide bonds. The highest BCUT2D eigenvalue weighted by atomic mass is 79.9. The molecule has 0 radical (unpaired) electrons. The second kappa shape index (κ2) is 7.59. The van der Waals surface area contributed by atoms with Crippen molar-refractivity contribution in [2.75, 3.05) is 6.54 Å². The Hall–Kier alpha value is -1.88. The highest BCUT2D eigenvalue weighted by Crippen LogP contribution is 2.21. The van der Waals surface area contributed by atoms with Crippen LogP contribution >= 0.6 is 15.9 Å². The zero-order valence-electron chi connectivity index (χ0n) is 13.4. The van der Waals surface area contributed by atoms with Gasteiger partial charge in [-0.05, 0) is 27.6 Å². The number of carbonyl (C=O) groups excluding carboxylic acids is 1. The van der Waals surface area contributed by atoms with Gasteiger partial charge in [-0.25, -0.2) is 0 Å². The summed E-state index contributed by atoms with van der Waals surface area (Å²) >= 11 is 3.33. The molecule has 0 aliphatic carbocycles. The van der Waals surface area contributed by atoms with Crippen LogP contribution in [0.2, 0.25) is 0 Å². The monoisotopic (exact) mass is 376 g/mol. The maximum atomic E-state index is 12.1. The Morgan fingerprint density at radius 1 is 1.17 bits per heavy atom. The molecule has 0 bridgehead atoms. The first kappa shape index (κ1) is 17.5. The van der Waals surface area contributed by atoms with E-state index in [0.29, 0.717) is 13.1 Å². The molecule has 1 aromatic heterocycles. The van der Waals surface area contributed by atoms with Gasteiger partial charge in [-0.2, -0.15) is 0 Å². The first-order valence-electron chi connectivity index (χ1n) is 7.57. The number of hydrogen-bond donors (Lipinski definition) is 1. The number of rotatable bonds is 6. The fourth-order valence-corrected chi connectivity index (χ4v) is 2.68. The molecule has 0 fully saturated rings. The summed E-state index contributed by atoms with van der Waals surface area (Å²) in [6.45, 7) is 5.13. The van der Waals surface area contributed by atoms with Crippen LogP contribution in [0.4, 0.5) is 0 Å². The number of nitrogens with one attached hydrogen (secondary N) is 1. The Balaban J connectivity index is 1.88. The average Bonchev–Trinajstić information content (AvgIpc) is 2.54. The minimum atomic E-state index is -0.135. The highest BCUT2D eigenvalue weighted by Gasteiger charge is 2.20. The number of carbonyl (C=O) groups is 1. The summed E-state index contributed by atoms with van der Waals surface area (Å²) in [7, 11) is 0. The Morgan fingerprint density at radius 3 is 2.57 bits per heavy atom. The van der Waals surface area contributed by atoms with Crippen LogP contribution in [-0.4, -0.2) is 17.0 Å². The largest absolute Gasteiger partial charge is 0.355 e. The second-order valence-corrected chi connectivity index (χ2v) is 7.07. The number of amides is 1. The molecular weight excluding hydrogens is 356 g/mol. The molecule has 4 nitrogen and oxygen atoms in total. The van der Waals surface area contributed by atoms with Crippen LogP contribution in [0.5, 0.6) is 0 Å². The van der Waals surface area contributed by atoms with Gasteiger partial charge in [0.1, 0.15) is 0 Å². The van der Waals surface area contributed by atoms with Crippen molar-refractivity contribution in [3.05, 3.63) is 69.1 Å². The van der Waals surface area contributed by atoms with Gasteiger partial charge in [0, 0.05) is 41.7 Å². The van der Waals surface area contributed by atoms with Crippen LogP contribution in [0.1, 0.15) is 25.8 Å². The maximum absolute atomic E-state index is 12.1. The SMILES string of the molecule is CC(C)(CNC(=O)CCn1cc(Br)ccc1=O)c1ccccc1. The number of pyridine rings is 1. The van der Waals surface area contributed by atoms with E-state index in [2.05, 4.69) is 47.2 Å². The van der Waals surface area contributed by atoms with E-state index in [4.69, 9.17) is 0 Å². The van der Waals surface area contributed by atoms with Crippen molar-refractivity contribution in [2.45, 2.75) is 32.2 Å². The highest BCUT2D eigenvalue weighted by molar-refractivity contribution is 9.10. The molecule has 0 atom stereocenters. The lowest BCUT2D eigenvalue weighted by molar-refractivity contribution is -0.121. The fraction of sp³-hybridized carbons (Fsp3) is 0.333. The third-order valence-corrected chi connectivity index (χ3v) is 4.28. The third kappa shape index (κ3) is 5.06. The van der Waals surface area contributed by atoms with Crippen molar-refractivity contribution in [1.82, 2.24) is 9.88 Å². The number of benzene rings is 1. The molecule has 0 saturated carbocycles. The summed E-state index contributed by atoms with van der Waals surface area (Å²) in [5, 5.41) is 2.96. The van der Waals surface area contributed by atoms with Gasteiger partial charge in [-0.1, -0.05) is 44.2 Å². The number of aromatic nitrogens is 1. The van der Waals surface area contributed by atoms with Crippen molar-refractivity contribution >= 4 is 21.8 Å². The van der Waals surface area contributed by atoms with E-state index in [0.717, 1.165) is 4.47 Å². The van der Waals surface area contributed by atoms with Gasteiger partial charge in [0.2, 0.25) is 5.91 Å². The van der Waals surface area contributed by atoms with Crippen LogP contribution in [0.25, 0.3) is 0 Å². The molecule has 0 saturated heterocycles. The molecule has 0 aliphatic rings. The summed E-state index contributed by atoms with van der Waals surface area (Å²) in [6.07, 6.45) is 1.98. The van der Waals surface area contributed by atoms with Gasteiger partial charge in [-0.3, -0.25) is 9.59 Å². The molecule has 2 rings (SSSR count). The van der Waals surface area contributed by atoms with E-state index in [-0.39, 0.29) is 23.3 Å². The van der Waals surface area contributed by atoms with Crippen LogP contribution < -0.4 is 10.9 Å². The molecule has 122 valence electrons. The molecule has 0 spiro atoms. The van der Waals surface area contributed by atoms with Crippen molar-refractivity contribution in [2.24, 2.45) is 0 Å². The number of halogens is 1. The summed E-state index contributed by atoms with van der Waals surface area (Å²) in [6, 6.07) is 13.3. The zero-order chi connectivity index (χ0) is 16.9. The van der Waals surface area contributed by atoms with Gasteiger partial charge >= 0.3 is 0 Å². The Morgan fingerprint density at radius 2 is 1.87 bits per heavy atom. The Kier molecular flexibility index (Phi) is 5.77. The van der Waals surface area contributed by atoms with Gasteiger partial charge in [-0.15, -0.1) is 0 Å². The Labute approximate surface area is 144 Å². The number of aryl methyl sites for hydroxylation is 1. The third-order valence-electron chi connectivity index (χ3n) is 3.81.